The van der Waals surface area contributed by atoms with Crippen molar-refractivity contribution in [2.75, 3.05) is 17.2 Å². The molecule has 1 aromatic rings. The van der Waals surface area contributed by atoms with E-state index >= 15 is 0 Å². The first-order chi connectivity index (χ1) is 9.37. The van der Waals surface area contributed by atoms with Gasteiger partial charge in [-0.25, -0.2) is 4.98 Å². The zero-order chi connectivity index (χ0) is 14.8. The van der Waals surface area contributed by atoms with Crippen LogP contribution in [-0.4, -0.2) is 39.1 Å². The molecule has 1 aliphatic rings. The molecule has 1 fully saturated rings. The monoisotopic (exact) mass is 294 g/mol. The fourth-order valence-corrected chi connectivity index (χ4v) is 3.30. The van der Waals surface area contributed by atoms with Crippen molar-refractivity contribution in [3.8, 4) is 0 Å². The summed E-state index contributed by atoms with van der Waals surface area (Å²) in [5.41, 5.74) is 1.10. The van der Waals surface area contributed by atoms with E-state index in [1.165, 1.54) is 5.75 Å². The molecule has 0 spiro atoms. The van der Waals surface area contributed by atoms with Gasteiger partial charge in [0.25, 0.3) is 0 Å². The third-order valence-electron chi connectivity index (χ3n) is 3.67. The molecule has 4 nitrogen and oxygen atoms in total. The summed E-state index contributed by atoms with van der Waals surface area (Å²) in [6, 6.07) is 0.515. The number of thioether (sulfide) groups is 1. The molecular weight excluding hydrogens is 268 g/mol. The second kappa shape index (κ2) is 6.31. The van der Waals surface area contributed by atoms with E-state index in [4.69, 9.17) is 0 Å². The summed E-state index contributed by atoms with van der Waals surface area (Å²) < 4.78 is 0. The van der Waals surface area contributed by atoms with Gasteiger partial charge < -0.3 is 10.2 Å². The van der Waals surface area contributed by atoms with Gasteiger partial charge in [0.05, 0.1) is 18.1 Å². The predicted molar refractivity (Wildman–Crippen MR) is 87.4 cm³/mol. The van der Waals surface area contributed by atoms with Crippen LogP contribution in [0.25, 0.3) is 0 Å². The maximum Gasteiger partial charge on any atom is 0.147 e. The molecule has 2 unspecified atom stereocenters. The van der Waals surface area contributed by atoms with Gasteiger partial charge in [0.2, 0.25) is 0 Å². The molecule has 1 aromatic heterocycles. The van der Waals surface area contributed by atoms with Crippen LogP contribution in [0.2, 0.25) is 0 Å². The zero-order valence-corrected chi connectivity index (χ0v) is 14.0. The Labute approximate surface area is 126 Å². The minimum Gasteiger partial charge on any atom is -0.351 e. The van der Waals surface area contributed by atoms with E-state index in [1.54, 1.807) is 0 Å². The van der Waals surface area contributed by atoms with Crippen LogP contribution in [0.5, 0.6) is 0 Å². The van der Waals surface area contributed by atoms with Crippen LogP contribution in [0.3, 0.4) is 0 Å². The molecule has 1 N–H and O–H groups in total. The topological polar surface area (TPSA) is 41.1 Å². The summed E-state index contributed by atoms with van der Waals surface area (Å²) >= 11 is 2.04. The maximum atomic E-state index is 4.60. The lowest BCUT2D eigenvalue weighted by atomic mass is 10.1. The lowest BCUT2D eigenvalue weighted by Crippen LogP contribution is -2.45. The first-order valence-electron chi connectivity index (χ1n) is 7.31. The van der Waals surface area contributed by atoms with Crippen LogP contribution in [0.15, 0.2) is 12.4 Å². The van der Waals surface area contributed by atoms with Gasteiger partial charge in [-0.3, -0.25) is 4.98 Å². The van der Waals surface area contributed by atoms with Crippen LogP contribution in [0.1, 0.15) is 40.3 Å². The van der Waals surface area contributed by atoms with Crippen molar-refractivity contribution in [2.24, 2.45) is 0 Å². The largest absolute Gasteiger partial charge is 0.351 e. The molecule has 1 saturated heterocycles. The summed E-state index contributed by atoms with van der Waals surface area (Å²) in [7, 11) is 0. The Kier molecular flexibility index (Phi) is 4.91. The molecule has 5 heteroatoms. The standard InChI is InChI=1S/C15H26N4S/c1-11-12(2)20-7-6-19(11)14-10-16-13(8-17-14)9-18-15(3,4)5/h8,10-12,18H,6-7,9H2,1-5H3. The van der Waals surface area contributed by atoms with Crippen molar-refractivity contribution in [2.45, 2.75) is 58.0 Å². The molecule has 0 saturated carbocycles. The maximum absolute atomic E-state index is 4.60. The molecule has 2 atom stereocenters. The summed E-state index contributed by atoms with van der Waals surface area (Å²) in [4.78, 5) is 11.5. The van der Waals surface area contributed by atoms with Crippen molar-refractivity contribution in [3.05, 3.63) is 18.1 Å². The van der Waals surface area contributed by atoms with Gasteiger partial charge in [0, 0.05) is 35.7 Å². The third-order valence-corrected chi connectivity index (χ3v) is 5.01. The highest BCUT2D eigenvalue weighted by Gasteiger charge is 2.26. The highest BCUT2D eigenvalue weighted by molar-refractivity contribution is 8.00. The van der Waals surface area contributed by atoms with Crippen LogP contribution < -0.4 is 10.2 Å². The molecule has 0 bridgehead atoms. The minimum atomic E-state index is 0.106. The number of anilines is 1. The Bertz CT molecular complexity index is 426. The Hall–Kier alpha value is -0.810. The van der Waals surface area contributed by atoms with Crippen LogP contribution in [0.4, 0.5) is 5.82 Å². The molecule has 0 radical (unpaired) electrons. The lowest BCUT2D eigenvalue weighted by Gasteiger charge is -2.38. The average Bonchev–Trinajstić information content (AvgIpc) is 2.40. The summed E-state index contributed by atoms with van der Waals surface area (Å²) in [6.45, 7) is 12.9. The van der Waals surface area contributed by atoms with Gasteiger partial charge in [-0.2, -0.15) is 11.8 Å². The zero-order valence-electron chi connectivity index (χ0n) is 13.2. The van der Waals surface area contributed by atoms with E-state index < -0.39 is 0 Å². The first kappa shape index (κ1) is 15.6. The van der Waals surface area contributed by atoms with Gasteiger partial charge in [0.1, 0.15) is 5.82 Å². The van der Waals surface area contributed by atoms with Crippen molar-refractivity contribution in [1.29, 1.82) is 0 Å². The van der Waals surface area contributed by atoms with Gasteiger partial charge in [-0.1, -0.05) is 6.92 Å². The number of hydrogen-bond donors (Lipinski definition) is 1. The van der Waals surface area contributed by atoms with Crippen LogP contribution >= 0.6 is 11.8 Å². The van der Waals surface area contributed by atoms with E-state index in [9.17, 15) is 0 Å². The van der Waals surface area contributed by atoms with E-state index in [1.807, 2.05) is 24.2 Å². The SMILES string of the molecule is CC1SCCN(c2cnc(CNC(C)(C)C)cn2)C1C. The van der Waals surface area contributed by atoms with Gasteiger partial charge in [0.15, 0.2) is 0 Å². The van der Waals surface area contributed by atoms with E-state index in [-0.39, 0.29) is 5.54 Å². The molecule has 0 aromatic carbocycles. The second-order valence-corrected chi connectivity index (χ2v) is 7.96. The highest BCUT2D eigenvalue weighted by atomic mass is 32.2. The molecule has 0 aliphatic carbocycles. The average molecular weight is 294 g/mol. The Morgan fingerprint density at radius 2 is 2.05 bits per heavy atom. The van der Waals surface area contributed by atoms with E-state index in [2.05, 4.69) is 54.8 Å². The number of nitrogens with one attached hydrogen (secondary N) is 1. The number of rotatable bonds is 3. The number of nitrogens with zero attached hydrogens (tertiary/aromatic N) is 3. The van der Waals surface area contributed by atoms with Gasteiger partial charge in [-0.15, -0.1) is 0 Å². The molecule has 112 valence electrons. The first-order valence-corrected chi connectivity index (χ1v) is 8.36. The third kappa shape index (κ3) is 4.09. The van der Waals surface area contributed by atoms with Crippen molar-refractivity contribution in [3.63, 3.8) is 0 Å². The van der Waals surface area contributed by atoms with Gasteiger partial charge in [-0.05, 0) is 27.7 Å². The van der Waals surface area contributed by atoms with E-state index in [0.717, 1.165) is 24.6 Å². The molecular formula is C15H26N4S. The quantitative estimate of drug-likeness (QED) is 0.928. The van der Waals surface area contributed by atoms with Crippen molar-refractivity contribution in [1.82, 2.24) is 15.3 Å². The fraction of sp³-hybridized carbons (Fsp3) is 0.733. The van der Waals surface area contributed by atoms with Crippen LogP contribution in [-0.2, 0) is 6.54 Å². The summed E-state index contributed by atoms with van der Waals surface area (Å²) in [6.07, 6.45) is 3.81. The smallest absolute Gasteiger partial charge is 0.147 e. The predicted octanol–water partition coefficient (Wildman–Crippen LogP) is 2.69. The van der Waals surface area contributed by atoms with Crippen molar-refractivity contribution < 1.29 is 0 Å². The van der Waals surface area contributed by atoms with E-state index in [0.29, 0.717) is 11.3 Å². The summed E-state index contributed by atoms with van der Waals surface area (Å²) in [5, 5.41) is 4.08. The number of aromatic nitrogens is 2. The Balaban J connectivity index is 2.00. The molecule has 1 aliphatic heterocycles. The number of hydrogen-bond acceptors (Lipinski definition) is 5. The highest BCUT2D eigenvalue weighted by Crippen LogP contribution is 2.27. The fourth-order valence-electron chi connectivity index (χ4n) is 2.20. The van der Waals surface area contributed by atoms with Crippen LogP contribution in [0, 0.1) is 0 Å². The van der Waals surface area contributed by atoms with Gasteiger partial charge >= 0.3 is 0 Å². The normalized spacial score (nSPS) is 23.9. The minimum absolute atomic E-state index is 0.106. The Morgan fingerprint density at radius 3 is 2.65 bits per heavy atom. The molecule has 2 heterocycles. The molecule has 2 rings (SSSR count). The van der Waals surface area contributed by atoms with Crippen molar-refractivity contribution >= 4 is 17.6 Å². The summed E-state index contributed by atoms with van der Waals surface area (Å²) in [5.74, 6) is 2.17. The second-order valence-electron chi connectivity index (χ2n) is 6.48. The molecule has 0 amide bonds. The lowest BCUT2D eigenvalue weighted by molar-refractivity contribution is 0.421. The Morgan fingerprint density at radius 1 is 1.30 bits per heavy atom. The molecule has 20 heavy (non-hydrogen) atoms.